The van der Waals surface area contributed by atoms with E-state index >= 15 is 0 Å². The number of nitrogens with zero attached hydrogens (tertiary/aromatic N) is 2. The van der Waals surface area contributed by atoms with E-state index in [1.807, 2.05) is 4.90 Å². The van der Waals surface area contributed by atoms with Crippen LogP contribution in [0.3, 0.4) is 0 Å². The topological polar surface area (TPSA) is 61.9 Å². The van der Waals surface area contributed by atoms with Crippen molar-refractivity contribution in [2.75, 3.05) is 52.5 Å². The van der Waals surface area contributed by atoms with E-state index in [2.05, 4.69) is 40.5 Å². The Balaban J connectivity index is 1.32. The summed E-state index contributed by atoms with van der Waals surface area (Å²) < 4.78 is 5.40. The fourth-order valence-corrected chi connectivity index (χ4v) is 5.42. The van der Waals surface area contributed by atoms with Crippen molar-refractivity contribution in [3.8, 4) is 0 Å². The lowest BCUT2D eigenvalue weighted by Crippen LogP contribution is -2.50. The molecular weight excluding hydrogens is 390 g/mol. The molecule has 2 heterocycles. The van der Waals surface area contributed by atoms with Gasteiger partial charge in [-0.25, -0.2) is 0 Å². The molecule has 1 aromatic rings. The summed E-state index contributed by atoms with van der Waals surface area (Å²) >= 11 is 0. The van der Waals surface area contributed by atoms with Crippen LogP contribution in [0, 0.1) is 5.92 Å². The summed E-state index contributed by atoms with van der Waals surface area (Å²) in [6, 6.07) is 10.7. The molecule has 0 bridgehead atoms. The van der Waals surface area contributed by atoms with Crippen molar-refractivity contribution in [1.29, 1.82) is 0 Å². The largest absolute Gasteiger partial charge is 0.379 e. The van der Waals surface area contributed by atoms with Crippen molar-refractivity contribution in [2.45, 2.75) is 50.4 Å². The second kappa shape index (κ2) is 10.6. The Kier molecular flexibility index (Phi) is 7.62. The summed E-state index contributed by atoms with van der Waals surface area (Å²) in [5.74, 6) is 0.203. The zero-order valence-electron chi connectivity index (χ0n) is 18.7. The predicted octanol–water partition coefficient (Wildman–Crippen LogP) is 2.58. The quantitative estimate of drug-likeness (QED) is 0.727. The van der Waals surface area contributed by atoms with Gasteiger partial charge in [0.15, 0.2) is 0 Å². The van der Waals surface area contributed by atoms with Crippen LogP contribution in [0.5, 0.6) is 0 Å². The number of amides is 2. The molecule has 3 fully saturated rings. The van der Waals surface area contributed by atoms with E-state index in [0.29, 0.717) is 32.5 Å². The highest BCUT2D eigenvalue weighted by Crippen LogP contribution is 2.39. The number of ether oxygens (including phenoxy) is 1. The van der Waals surface area contributed by atoms with Gasteiger partial charge in [0.2, 0.25) is 11.8 Å². The Morgan fingerprint density at radius 1 is 1.06 bits per heavy atom. The van der Waals surface area contributed by atoms with E-state index in [1.54, 1.807) is 0 Å². The third-order valence-corrected chi connectivity index (χ3v) is 7.46. The van der Waals surface area contributed by atoms with Crippen molar-refractivity contribution in [2.24, 2.45) is 5.92 Å². The number of rotatable bonds is 7. The van der Waals surface area contributed by atoms with Gasteiger partial charge in [0.1, 0.15) is 0 Å². The number of morpholine rings is 1. The number of carbonyl (C=O) groups is 2. The minimum absolute atomic E-state index is 0.0513. The fraction of sp³-hybridized carbons (Fsp3) is 0.680. The molecule has 1 saturated carbocycles. The smallest absolute Gasteiger partial charge is 0.224 e. The van der Waals surface area contributed by atoms with Gasteiger partial charge in [0.05, 0.1) is 19.1 Å². The lowest BCUT2D eigenvalue weighted by molar-refractivity contribution is -0.138. The number of carbonyl (C=O) groups excluding carboxylic acids is 2. The molecule has 2 aliphatic heterocycles. The van der Waals surface area contributed by atoms with Crippen molar-refractivity contribution in [1.82, 2.24) is 15.1 Å². The Labute approximate surface area is 186 Å². The molecule has 0 radical (unpaired) electrons. The average Bonchev–Trinajstić information content (AvgIpc) is 2.84. The maximum Gasteiger partial charge on any atom is 0.224 e. The van der Waals surface area contributed by atoms with Crippen molar-refractivity contribution >= 4 is 11.8 Å². The average molecular weight is 428 g/mol. The summed E-state index contributed by atoms with van der Waals surface area (Å²) in [6.45, 7) is 6.20. The Morgan fingerprint density at radius 3 is 2.55 bits per heavy atom. The molecule has 1 aromatic carbocycles. The lowest BCUT2D eigenvalue weighted by atomic mass is 9.69. The molecule has 2 amide bonds. The van der Waals surface area contributed by atoms with Crippen molar-refractivity contribution in [3.63, 3.8) is 0 Å². The fourth-order valence-electron chi connectivity index (χ4n) is 5.42. The number of hydrogen-bond acceptors (Lipinski definition) is 4. The highest BCUT2D eigenvalue weighted by atomic mass is 16.5. The van der Waals surface area contributed by atoms with E-state index in [-0.39, 0.29) is 23.1 Å². The van der Waals surface area contributed by atoms with Gasteiger partial charge in [-0.1, -0.05) is 49.6 Å². The molecule has 6 nitrogen and oxygen atoms in total. The maximum absolute atomic E-state index is 13.1. The summed E-state index contributed by atoms with van der Waals surface area (Å²) in [7, 11) is 0. The van der Waals surface area contributed by atoms with Crippen LogP contribution in [0.15, 0.2) is 30.3 Å². The molecule has 0 aromatic heterocycles. The van der Waals surface area contributed by atoms with Crippen LogP contribution in [-0.2, 0) is 19.7 Å². The van der Waals surface area contributed by atoms with Gasteiger partial charge in [0.25, 0.3) is 0 Å². The number of piperidine rings is 1. The summed E-state index contributed by atoms with van der Waals surface area (Å²) in [5.41, 5.74) is 1.40. The number of nitrogens with one attached hydrogen (secondary N) is 1. The maximum atomic E-state index is 13.1. The highest BCUT2D eigenvalue weighted by molar-refractivity contribution is 5.83. The minimum Gasteiger partial charge on any atom is -0.379 e. The van der Waals surface area contributed by atoms with Gasteiger partial charge in [-0.2, -0.15) is 0 Å². The van der Waals surface area contributed by atoms with Crippen LogP contribution < -0.4 is 5.32 Å². The van der Waals surface area contributed by atoms with Gasteiger partial charge in [0, 0.05) is 51.1 Å². The van der Waals surface area contributed by atoms with Crippen LogP contribution in [0.2, 0.25) is 0 Å². The monoisotopic (exact) mass is 427 g/mol. The third-order valence-electron chi connectivity index (χ3n) is 7.46. The summed E-state index contributed by atoms with van der Waals surface area (Å²) in [5, 5.41) is 3.30. The second-order valence-corrected chi connectivity index (χ2v) is 9.45. The summed E-state index contributed by atoms with van der Waals surface area (Å²) in [4.78, 5) is 29.8. The van der Waals surface area contributed by atoms with Gasteiger partial charge in [-0.3, -0.25) is 14.5 Å². The molecule has 2 saturated heterocycles. The molecule has 6 heteroatoms. The molecule has 0 unspecified atom stereocenters. The zero-order valence-corrected chi connectivity index (χ0v) is 18.7. The van der Waals surface area contributed by atoms with Gasteiger partial charge >= 0.3 is 0 Å². The lowest BCUT2D eigenvalue weighted by Gasteiger charge is -2.39. The molecular formula is C25H37N3O3. The predicted molar refractivity (Wildman–Crippen MR) is 121 cm³/mol. The normalized spacial score (nSPS) is 24.7. The van der Waals surface area contributed by atoms with Crippen LogP contribution in [0.1, 0.15) is 50.5 Å². The molecule has 31 heavy (non-hydrogen) atoms. The standard InChI is InChI=1S/C25H37N3O3/c29-23-10-9-21(19-28(23)14-13-27-15-17-31-18-16-27)24(30)26-20-25(11-5-2-6-12-25)22-7-3-1-4-8-22/h1,3-4,7-8,21H,2,5-6,9-20H2,(H,26,30)/t21-/m1/s1. The molecule has 1 atom stereocenters. The molecule has 0 spiro atoms. The SMILES string of the molecule is O=C(NCC1(c2ccccc2)CCCCC1)[C@@H]1CCC(=O)N(CCN2CCOCC2)C1. The van der Waals surface area contributed by atoms with Crippen LogP contribution >= 0.6 is 0 Å². The first-order chi connectivity index (χ1) is 15.2. The van der Waals surface area contributed by atoms with E-state index in [9.17, 15) is 9.59 Å². The van der Waals surface area contributed by atoms with Gasteiger partial charge in [-0.15, -0.1) is 0 Å². The molecule has 170 valence electrons. The third kappa shape index (κ3) is 5.66. The van der Waals surface area contributed by atoms with E-state index in [4.69, 9.17) is 4.74 Å². The molecule has 1 aliphatic carbocycles. The van der Waals surface area contributed by atoms with E-state index < -0.39 is 0 Å². The first-order valence-electron chi connectivity index (χ1n) is 12.1. The van der Waals surface area contributed by atoms with E-state index in [1.165, 1.54) is 24.8 Å². The minimum atomic E-state index is -0.0983. The zero-order chi connectivity index (χ0) is 21.5. The van der Waals surface area contributed by atoms with Crippen molar-refractivity contribution < 1.29 is 14.3 Å². The van der Waals surface area contributed by atoms with Crippen LogP contribution in [0.25, 0.3) is 0 Å². The Bertz CT molecular complexity index is 727. The number of benzene rings is 1. The molecule has 3 aliphatic rings. The first-order valence-corrected chi connectivity index (χ1v) is 12.1. The number of hydrogen-bond donors (Lipinski definition) is 1. The molecule has 4 rings (SSSR count). The molecule has 1 N–H and O–H groups in total. The van der Waals surface area contributed by atoms with Gasteiger partial charge < -0.3 is 15.0 Å². The Morgan fingerprint density at radius 2 is 1.81 bits per heavy atom. The number of likely N-dealkylation sites (tertiary alicyclic amines) is 1. The second-order valence-electron chi connectivity index (χ2n) is 9.45. The van der Waals surface area contributed by atoms with Crippen molar-refractivity contribution in [3.05, 3.63) is 35.9 Å². The Hall–Kier alpha value is -1.92. The highest BCUT2D eigenvalue weighted by Gasteiger charge is 2.36. The van der Waals surface area contributed by atoms with Crippen LogP contribution in [-0.4, -0.2) is 74.1 Å². The summed E-state index contributed by atoms with van der Waals surface area (Å²) in [6.07, 6.45) is 7.13. The van der Waals surface area contributed by atoms with Crippen LogP contribution in [0.4, 0.5) is 0 Å². The first kappa shape index (κ1) is 22.3. The van der Waals surface area contributed by atoms with E-state index in [0.717, 1.165) is 45.7 Å². The van der Waals surface area contributed by atoms with Gasteiger partial charge in [-0.05, 0) is 24.8 Å².